The summed E-state index contributed by atoms with van der Waals surface area (Å²) < 4.78 is 1.98. The molecule has 2 heterocycles. The second-order valence-corrected chi connectivity index (χ2v) is 7.16. The lowest BCUT2D eigenvalue weighted by atomic mass is 10.0. The Labute approximate surface area is 154 Å². The molecule has 1 aromatic heterocycles. The van der Waals surface area contributed by atoms with Gasteiger partial charge in [0.25, 0.3) is 0 Å². The fourth-order valence-corrected chi connectivity index (χ4v) is 3.51. The first kappa shape index (κ1) is 17.0. The van der Waals surface area contributed by atoms with Crippen LogP contribution in [0.15, 0.2) is 60.8 Å². The quantitative estimate of drug-likeness (QED) is 0.780. The van der Waals surface area contributed by atoms with Crippen LogP contribution in [-0.4, -0.2) is 39.0 Å². The molecule has 1 aliphatic heterocycles. The number of hydrogen-bond donors (Lipinski definition) is 1. The third-order valence-electron chi connectivity index (χ3n) is 5.09. The van der Waals surface area contributed by atoms with Crippen LogP contribution >= 0.6 is 0 Å². The van der Waals surface area contributed by atoms with E-state index in [9.17, 15) is 5.11 Å². The fraction of sp³-hybridized carbons (Fsp3) is 0.318. The van der Waals surface area contributed by atoms with Crippen molar-refractivity contribution >= 4 is 0 Å². The van der Waals surface area contributed by atoms with Crippen molar-refractivity contribution in [2.45, 2.75) is 32.4 Å². The van der Waals surface area contributed by atoms with Crippen molar-refractivity contribution in [1.82, 2.24) is 14.7 Å². The van der Waals surface area contributed by atoms with Gasteiger partial charge in [0.15, 0.2) is 0 Å². The van der Waals surface area contributed by atoms with Crippen molar-refractivity contribution in [1.29, 1.82) is 0 Å². The van der Waals surface area contributed by atoms with Crippen LogP contribution in [0.4, 0.5) is 0 Å². The van der Waals surface area contributed by atoms with Gasteiger partial charge in [-0.2, -0.15) is 5.10 Å². The van der Waals surface area contributed by atoms with E-state index in [4.69, 9.17) is 5.10 Å². The summed E-state index contributed by atoms with van der Waals surface area (Å²) in [6.07, 6.45) is 3.71. The standard InChI is InChI=1S/C22H25N3O/c1-17-7-9-18(10-8-17)22-19(15-24-13-11-21(26)12-14-24)16-25(23-22)20-5-3-2-4-6-20/h2-10,16,21,26H,11-15H2,1H3. The summed E-state index contributed by atoms with van der Waals surface area (Å²) in [7, 11) is 0. The maximum absolute atomic E-state index is 9.76. The molecule has 26 heavy (non-hydrogen) atoms. The number of benzene rings is 2. The van der Waals surface area contributed by atoms with Crippen molar-refractivity contribution in [2.24, 2.45) is 0 Å². The third-order valence-corrected chi connectivity index (χ3v) is 5.09. The molecule has 1 saturated heterocycles. The van der Waals surface area contributed by atoms with Gasteiger partial charge >= 0.3 is 0 Å². The molecule has 0 saturated carbocycles. The Morgan fingerprint density at radius 1 is 1.00 bits per heavy atom. The molecule has 0 aliphatic carbocycles. The van der Waals surface area contributed by atoms with Gasteiger partial charge in [-0.05, 0) is 31.9 Å². The Morgan fingerprint density at radius 2 is 1.69 bits per heavy atom. The van der Waals surface area contributed by atoms with Gasteiger partial charge in [-0.1, -0.05) is 48.0 Å². The minimum Gasteiger partial charge on any atom is -0.393 e. The van der Waals surface area contributed by atoms with Crippen LogP contribution in [0.25, 0.3) is 16.9 Å². The van der Waals surface area contributed by atoms with Gasteiger partial charge in [0.2, 0.25) is 0 Å². The lowest BCUT2D eigenvalue weighted by Crippen LogP contribution is -2.35. The van der Waals surface area contributed by atoms with E-state index < -0.39 is 0 Å². The highest BCUT2D eigenvalue weighted by Gasteiger charge is 2.20. The largest absolute Gasteiger partial charge is 0.393 e. The van der Waals surface area contributed by atoms with Crippen molar-refractivity contribution in [3.05, 3.63) is 71.9 Å². The fourth-order valence-electron chi connectivity index (χ4n) is 3.51. The number of aliphatic hydroxyl groups excluding tert-OH is 1. The smallest absolute Gasteiger partial charge is 0.0972 e. The zero-order valence-corrected chi connectivity index (χ0v) is 15.2. The molecule has 134 valence electrons. The monoisotopic (exact) mass is 347 g/mol. The number of para-hydroxylation sites is 1. The first-order valence-corrected chi connectivity index (χ1v) is 9.30. The van der Waals surface area contributed by atoms with E-state index in [-0.39, 0.29) is 6.10 Å². The topological polar surface area (TPSA) is 41.3 Å². The Balaban J connectivity index is 1.68. The number of likely N-dealkylation sites (tertiary alicyclic amines) is 1. The van der Waals surface area contributed by atoms with Gasteiger partial charge in [-0.25, -0.2) is 4.68 Å². The average Bonchev–Trinajstić information content (AvgIpc) is 3.09. The summed E-state index contributed by atoms with van der Waals surface area (Å²) in [6.45, 7) is 4.84. The minimum atomic E-state index is -0.144. The molecule has 1 N–H and O–H groups in total. The number of piperidine rings is 1. The number of aryl methyl sites for hydroxylation is 1. The predicted molar refractivity (Wildman–Crippen MR) is 104 cm³/mol. The first-order valence-electron chi connectivity index (χ1n) is 9.30. The van der Waals surface area contributed by atoms with E-state index in [0.717, 1.165) is 49.4 Å². The highest BCUT2D eigenvalue weighted by atomic mass is 16.3. The number of rotatable bonds is 4. The second-order valence-electron chi connectivity index (χ2n) is 7.16. The molecular weight excluding hydrogens is 322 g/mol. The molecule has 0 radical (unpaired) electrons. The molecule has 0 atom stereocenters. The Bertz CT molecular complexity index is 847. The maximum atomic E-state index is 9.76. The van der Waals surface area contributed by atoms with Gasteiger partial charge in [0.1, 0.15) is 0 Å². The second kappa shape index (κ2) is 7.44. The summed E-state index contributed by atoms with van der Waals surface area (Å²) in [6, 6.07) is 18.8. The van der Waals surface area contributed by atoms with Crippen molar-refractivity contribution in [3.8, 4) is 16.9 Å². The van der Waals surface area contributed by atoms with Gasteiger partial charge < -0.3 is 5.11 Å². The zero-order valence-electron chi connectivity index (χ0n) is 15.2. The summed E-state index contributed by atoms with van der Waals surface area (Å²) in [4.78, 5) is 2.41. The zero-order chi connectivity index (χ0) is 17.9. The molecule has 0 amide bonds. The molecule has 4 nitrogen and oxygen atoms in total. The molecule has 1 fully saturated rings. The predicted octanol–water partition coefficient (Wildman–Crippen LogP) is 3.80. The van der Waals surface area contributed by atoms with E-state index in [1.807, 2.05) is 22.9 Å². The highest BCUT2D eigenvalue weighted by molar-refractivity contribution is 5.63. The van der Waals surface area contributed by atoms with E-state index >= 15 is 0 Å². The van der Waals surface area contributed by atoms with Crippen molar-refractivity contribution < 1.29 is 5.11 Å². The Morgan fingerprint density at radius 3 is 2.38 bits per heavy atom. The highest BCUT2D eigenvalue weighted by Crippen LogP contribution is 2.26. The lowest BCUT2D eigenvalue weighted by molar-refractivity contribution is 0.0793. The summed E-state index contributed by atoms with van der Waals surface area (Å²) >= 11 is 0. The third kappa shape index (κ3) is 3.71. The summed E-state index contributed by atoms with van der Waals surface area (Å²) in [5, 5.41) is 14.7. The number of nitrogens with zero attached hydrogens (tertiary/aromatic N) is 3. The molecule has 0 spiro atoms. The number of aliphatic hydroxyl groups is 1. The van der Waals surface area contributed by atoms with Crippen molar-refractivity contribution in [2.75, 3.05) is 13.1 Å². The summed E-state index contributed by atoms with van der Waals surface area (Å²) in [5.41, 5.74) is 5.75. The minimum absolute atomic E-state index is 0.144. The number of hydrogen-bond acceptors (Lipinski definition) is 3. The van der Waals surface area contributed by atoms with Gasteiger partial charge in [0, 0.05) is 37.0 Å². The SMILES string of the molecule is Cc1ccc(-c2nn(-c3ccccc3)cc2CN2CCC(O)CC2)cc1. The summed E-state index contributed by atoms with van der Waals surface area (Å²) in [5.74, 6) is 0. The van der Waals surface area contributed by atoms with Crippen LogP contribution in [0.3, 0.4) is 0 Å². The molecule has 4 heteroatoms. The molecule has 1 aliphatic rings. The molecule has 0 bridgehead atoms. The molecule has 4 rings (SSSR count). The van der Waals surface area contributed by atoms with Crippen LogP contribution in [0.2, 0.25) is 0 Å². The molecular formula is C22H25N3O. The maximum Gasteiger partial charge on any atom is 0.0972 e. The van der Waals surface area contributed by atoms with Crippen LogP contribution in [-0.2, 0) is 6.54 Å². The van der Waals surface area contributed by atoms with E-state index in [1.54, 1.807) is 0 Å². The number of aromatic nitrogens is 2. The van der Waals surface area contributed by atoms with Crippen molar-refractivity contribution in [3.63, 3.8) is 0 Å². The van der Waals surface area contributed by atoms with Gasteiger partial charge in [-0.3, -0.25) is 4.90 Å². The van der Waals surface area contributed by atoms with Crippen LogP contribution in [0.5, 0.6) is 0 Å². The molecule has 3 aromatic rings. The lowest BCUT2D eigenvalue weighted by Gasteiger charge is -2.29. The molecule has 0 unspecified atom stereocenters. The Kier molecular flexibility index (Phi) is 4.87. The van der Waals surface area contributed by atoms with E-state index in [1.165, 1.54) is 11.1 Å². The van der Waals surface area contributed by atoms with Crippen LogP contribution < -0.4 is 0 Å². The van der Waals surface area contributed by atoms with E-state index in [2.05, 4.69) is 54.4 Å². The van der Waals surface area contributed by atoms with Gasteiger partial charge in [0.05, 0.1) is 17.5 Å². The van der Waals surface area contributed by atoms with Gasteiger partial charge in [-0.15, -0.1) is 0 Å². The normalized spacial score (nSPS) is 16.1. The van der Waals surface area contributed by atoms with Crippen LogP contribution in [0.1, 0.15) is 24.0 Å². The first-order chi connectivity index (χ1) is 12.7. The Hall–Kier alpha value is -2.43. The van der Waals surface area contributed by atoms with E-state index in [0.29, 0.717) is 0 Å². The average molecular weight is 347 g/mol. The molecule has 2 aromatic carbocycles. The van der Waals surface area contributed by atoms with Crippen LogP contribution in [0, 0.1) is 6.92 Å².